The summed E-state index contributed by atoms with van der Waals surface area (Å²) in [7, 11) is -1.63. The van der Waals surface area contributed by atoms with Crippen molar-refractivity contribution in [3.05, 3.63) is 60.7 Å². The van der Waals surface area contributed by atoms with Crippen molar-refractivity contribution < 1.29 is 9.22 Å². The molecule has 2 nitrogen and oxygen atoms in total. The molecule has 0 radical (unpaired) electrons. The molecule has 0 amide bonds. The van der Waals surface area contributed by atoms with E-state index in [1.54, 1.807) is 0 Å². The molecule has 0 atom stereocenters. The lowest BCUT2D eigenvalue weighted by atomic mass is 10.3. The van der Waals surface area contributed by atoms with Gasteiger partial charge in [0.25, 0.3) is 8.32 Å². The molecule has 1 aliphatic rings. The molecule has 0 bridgehead atoms. The average molecular weight is 303 g/mol. The molecule has 4 heteroatoms. The fourth-order valence-corrected chi connectivity index (χ4v) is 6.92. The molecule has 0 saturated carbocycles. The van der Waals surface area contributed by atoms with Gasteiger partial charge in [-0.1, -0.05) is 67.1 Å². The second-order valence-electron chi connectivity index (χ2n) is 4.86. The summed E-state index contributed by atoms with van der Waals surface area (Å²) in [6.07, 6.45) is 2.49. The van der Waals surface area contributed by atoms with Crippen LogP contribution in [0.3, 0.4) is 0 Å². The van der Waals surface area contributed by atoms with Crippen molar-refractivity contribution >= 4 is 29.2 Å². The highest BCUT2D eigenvalue weighted by molar-refractivity contribution is 6.97. The van der Waals surface area contributed by atoms with Crippen LogP contribution in [-0.2, 0) is 4.43 Å². The van der Waals surface area contributed by atoms with Crippen LogP contribution in [-0.4, -0.2) is 30.2 Å². The molecule has 2 aromatic rings. The standard InChI is InChI=1S/C16H18OSi.H4OSi/c1-3-9-15(10-4-1)18(14-8-7-13-17-18)16-11-5-2-6-12-16;1-2/h1-6,9-12H,7-8,13-14H2;1H,2H3. The molecule has 0 aliphatic carbocycles. The minimum absolute atomic E-state index is 0.306. The molecule has 1 saturated heterocycles. The summed E-state index contributed by atoms with van der Waals surface area (Å²) in [5.74, 6) is 0. The molecule has 1 aliphatic heterocycles. The van der Waals surface area contributed by atoms with Crippen LogP contribution in [0.25, 0.3) is 0 Å². The predicted molar refractivity (Wildman–Crippen MR) is 90.1 cm³/mol. The third kappa shape index (κ3) is 3.09. The lowest BCUT2D eigenvalue weighted by Gasteiger charge is -2.35. The molecule has 0 spiro atoms. The zero-order valence-corrected chi connectivity index (χ0v) is 15.0. The maximum atomic E-state index is 7.14. The third-order valence-electron chi connectivity index (χ3n) is 3.75. The molecule has 1 fully saturated rings. The Morgan fingerprint density at radius 1 is 0.800 bits per heavy atom. The Balaban J connectivity index is 0.000000704. The highest BCUT2D eigenvalue weighted by Gasteiger charge is 2.40. The van der Waals surface area contributed by atoms with Gasteiger partial charge in [0.2, 0.25) is 0 Å². The molecule has 106 valence electrons. The zero-order chi connectivity index (χ0) is 14.3. The Hall–Kier alpha value is -1.21. The van der Waals surface area contributed by atoms with Crippen LogP contribution in [0.4, 0.5) is 0 Å². The van der Waals surface area contributed by atoms with E-state index in [-0.39, 0.29) is 0 Å². The molecule has 3 rings (SSSR count). The number of rotatable bonds is 2. The highest BCUT2D eigenvalue weighted by atomic mass is 28.4. The Morgan fingerprint density at radius 3 is 1.70 bits per heavy atom. The Labute approximate surface area is 125 Å². The van der Waals surface area contributed by atoms with Crippen LogP contribution >= 0.6 is 0 Å². The molecule has 0 unspecified atom stereocenters. The number of hydrogen-bond acceptors (Lipinski definition) is 2. The quantitative estimate of drug-likeness (QED) is 0.832. The summed E-state index contributed by atoms with van der Waals surface area (Å²) in [6.45, 7) is 0.913. The minimum Gasteiger partial charge on any atom is -0.442 e. The first kappa shape index (κ1) is 15.2. The maximum absolute atomic E-state index is 7.14. The average Bonchev–Trinajstić information content (AvgIpc) is 2.59. The number of hydrogen-bond donors (Lipinski definition) is 1. The smallest absolute Gasteiger partial charge is 0.255 e. The van der Waals surface area contributed by atoms with E-state index in [1.165, 1.54) is 29.3 Å². The zero-order valence-electron chi connectivity index (χ0n) is 12.0. The van der Waals surface area contributed by atoms with Crippen LogP contribution in [0.15, 0.2) is 60.7 Å². The summed E-state index contributed by atoms with van der Waals surface area (Å²) in [6, 6.07) is 22.9. The summed E-state index contributed by atoms with van der Waals surface area (Å²) < 4.78 is 6.38. The van der Waals surface area contributed by atoms with Crippen LogP contribution in [0.2, 0.25) is 6.04 Å². The predicted octanol–water partition coefficient (Wildman–Crippen LogP) is 0.816. The third-order valence-corrected chi connectivity index (χ3v) is 8.04. The summed E-state index contributed by atoms with van der Waals surface area (Å²) in [5.41, 5.74) is 0. The second-order valence-corrected chi connectivity index (χ2v) is 8.46. The summed E-state index contributed by atoms with van der Waals surface area (Å²) >= 11 is 0. The van der Waals surface area contributed by atoms with Gasteiger partial charge in [0.15, 0.2) is 0 Å². The van der Waals surface area contributed by atoms with Crippen LogP contribution in [0, 0.1) is 0 Å². The van der Waals surface area contributed by atoms with Gasteiger partial charge < -0.3 is 9.22 Å². The fourth-order valence-electron chi connectivity index (χ4n) is 2.83. The lowest BCUT2D eigenvalue weighted by molar-refractivity contribution is 0.284. The maximum Gasteiger partial charge on any atom is 0.255 e. The van der Waals surface area contributed by atoms with Gasteiger partial charge in [-0.3, -0.25) is 0 Å². The monoisotopic (exact) mass is 302 g/mol. The van der Waals surface area contributed by atoms with Gasteiger partial charge in [0.1, 0.15) is 10.5 Å². The van der Waals surface area contributed by atoms with E-state index in [9.17, 15) is 0 Å². The van der Waals surface area contributed by atoms with E-state index >= 15 is 0 Å². The lowest BCUT2D eigenvalue weighted by Crippen LogP contribution is -2.62. The van der Waals surface area contributed by atoms with Crippen molar-refractivity contribution in [2.24, 2.45) is 0 Å². The first-order valence-corrected chi connectivity index (χ1v) is 10.1. The second kappa shape index (κ2) is 7.54. The fraction of sp³-hybridized carbons (Fsp3) is 0.250. The van der Waals surface area contributed by atoms with Crippen molar-refractivity contribution in [2.75, 3.05) is 6.61 Å². The van der Waals surface area contributed by atoms with Crippen LogP contribution in [0.1, 0.15) is 12.8 Å². The topological polar surface area (TPSA) is 29.5 Å². The van der Waals surface area contributed by atoms with E-state index in [4.69, 9.17) is 9.22 Å². The Kier molecular flexibility index (Phi) is 5.73. The SMILES string of the molecule is O[SiH3].c1ccc([Si]2(c3ccccc3)CCCCO2)cc1. The molecule has 1 N–H and O–H groups in total. The van der Waals surface area contributed by atoms with Crippen molar-refractivity contribution in [1.82, 2.24) is 0 Å². The highest BCUT2D eigenvalue weighted by Crippen LogP contribution is 2.21. The van der Waals surface area contributed by atoms with Gasteiger partial charge in [-0.2, -0.15) is 0 Å². The largest absolute Gasteiger partial charge is 0.442 e. The van der Waals surface area contributed by atoms with Gasteiger partial charge in [-0.25, -0.2) is 0 Å². The summed E-state index contributed by atoms with van der Waals surface area (Å²) in [5, 5.41) is 2.83. The normalized spacial score (nSPS) is 17.1. The molecule has 2 aromatic carbocycles. The first-order valence-electron chi connectivity index (χ1n) is 7.11. The van der Waals surface area contributed by atoms with Gasteiger partial charge in [0, 0.05) is 6.61 Å². The van der Waals surface area contributed by atoms with E-state index in [0.717, 1.165) is 6.61 Å². The van der Waals surface area contributed by atoms with Gasteiger partial charge >= 0.3 is 0 Å². The Morgan fingerprint density at radius 2 is 1.30 bits per heavy atom. The summed E-state index contributed by atoms with van der Waals surface area (Å²) in [4.78, 5) is 7.14. The van der Waals surface area contributed by atoms with Gasteiger partial charge in [-0.15, -0.1) is 0 Å². The molecule has 0 aromatic heterocycles. The van der Waals surface area contributed by atoms with Crippen molar-refractivity contribution in [3.63, 3.8) is 0 Å². The van der Waals surface area contributed by atoms with Crippen molar-refractivity contribution in [1.29, 1.82) is 0 Å². The molecule has 1 heterocycles. The van der Waals surface area contributed by atoms with Crippen LogP contribution in [0.5, 0.6) is 0 Å². The minimum atomic E-state index is -1.93. The van der Waals surface area contributed by atoms with E-state index in [1.807, 2.05) is 0 Å². The van der Waals surface area contributed by atoms with Crippen molar-refractivity contribution in [3.8, 4) is 0 Å². The van der Waals surface area contributed by atoms with Crippen LogP contribution < -0.4 is 10.4 Å². The van der Waals surface area contributed by atoms with E-state index < -0.39 is 8.32 Å². The van der Waals surface area contributed by atoms with E-state index in [2.05, 4.69) is 60.7 Å². The Bertz CT molecular complexity index is 455. The molecular weight excluding hydrogens is 280 g/mol. The van der Waals surface area contributed by atoms with Gasteiger partial charge in [0.05, 0.1) is 0 Å². The number of benzene rings is 2. The van der Waals surface area contributed by atoms with Crippen molar-refractivity contribution in [2.45, 2.75) is 18.9 Å². The molecular formula is C16H22O2Si2. The van der Waals surface area contributed by atoms with Gasteiger partial charge in [-0.05, 0) is 22.8 Å². The molecule has 20 heavy (non-hydrogen) atoms. The van der Waals surface area contributed by atoms with E-state index in [0.29, 0.717) is 10.5 Å². The first-order chi connectivity index (χ1) is 9.92.